The normalized spacial score (nSPS) is 25.1. The van der Waals surface area contributed by atoms with E-state index in [0.717, 1.165) is 31.6 Å². The summed E-state index contributed by atoms with van der Waals surface area (Å²) in [5.41, 5.74) is 0.715. The Bertz CT molecular complexity index is 512. The van der Waals surface area contributed by atoms with Gasteiger partial charge >= 0.3 is 6.09 Å². The molecule has 3 saturated heterocycles. The zero-order chi connectivity index (χ0) is 15.0. The first kappa shape index (κ1) is 14.2. The first-order valence-electron chi connectivity index (χ1n) is 7.60. The first-order chi connectivity index (χ1) is 9.94. The molecule has 0 aliphatic carbocycles. The molecule has 0 spiro atoms. The predicted octanol–water partition coefficient (Wildman–Crippen LogP) is 2.67. The number of hydrogen-bond acceptors (Lipinski definition) is 4. The number of amides is 1. The highest BCUT2D eigenvalue weighted by Crippen LogP contribution is 2.33. The van der Waals surface area contributed by atoms with Crippen molar-refractivity contribution in [2.24, 2.45) is 0 Å². The summed E-state index contributed by atoms with van der Waals surface area (Å²) in [6, 6.07) is 4.66. The van der Waals surface area contributed by atoms with E-state index in [2.05, 4.69) is 16.0 Å². The summed E-state index contributed by atoms with van der Waals surface area (Å²) in [5.74, 6) is 0. The summed E-state index contributed by atoms with van der Waals surface area (Å²) in [4.78, 5) is 20.8. The molecule has 3 aliphatic heterocycles. The van der Waals surface area contributed by atoms with E-state index in [1.165, 1.54) is 0 Å². The molecule has 0 N–H and O–H groups in total. The SMILES string of the molecule is CC(C)(C)OC(=O)N1C[C@H]2CC[C@@H]1CN2c1cccnc1. The molecule has 4 heterocycles. The van der Waals surface area contributed by atoms with Gasteiger partial charge in [-0.1, -0.05) is 0 Å². The fourth-order valence-corrected chi connectivity index (χ4v) is 3.21. The van der Waals surface area contributed by atoms with E-state index >= 15 is 0 Å². The van der Waals surface area contributed by atoms with Gasteiger partial charge < -0.3 is 14.5 Å². The molecule has 1 aromatic rings. The maximum Gasteiger partial charge on any atom is 0.410 e. The highest BCUT2D eigenvalue weighted by atomic mass is 16.6. The van der Waals surface area contributed by atoms with Crippen molar-refractivity contribution >= 4 is 11.8 Å². The molecular formula is C16H23N3O2. The molecule has 0 saturated carbocycles. The van der Waals surface area contributed by atoms with Crippen LogP contribution >= 0.6 is 0 Å². The number of ether oxygens (including phenoxy) is 1. The van der Waals surface area contributed by atoms with E-state index in [1.807, 2.05) is 37.9 Å². The molecule has 5 heteroatoms. The number of piperazine rings is 1. The lowest BCUT2D eigenvalue weighted by atomic mass is 9.91. The van der Waals surface area contributed by atoms with E-state index in [4.69, 9.17) is 4.74 Å². The van der Waals surface area contributed by atoms with Crippen LogP contribution in [0.2, 0.25) is 0 Å². The van der Waals surface area contributed by atoms with Crippen LogP contribution in [0.25, 0.3) is 0 Å². The molecule has 1 amide bonds. The summed E-state index contributed by atoms with van der Waals surface area (Å²) in [7, 11) is 0. The van der Waals surface area contributed by atoms with Crippen LogP contribution in [-0.2, 0) is 4.74 Å². The van der Waals surface area contributed by atoms with Crippen molar-refractivity contribution in [2.45, 2.75) is 51.3 Å². The smallest absolute Gasteiger partial charge is 0.410 e. The zero-order valence-corrected chi connectivity index (χ0v) is 13.0. The lowest BCUT2D eigenvalue weighted by Crippen LogP contribution is -2.64. The van der Waals surface area contributed by atoms with Crippen molar-refractivity contribution in [1.82, 2.24) is 9.88 Å². The minimum Gasteiger partial charge on any atom is -0.444 e. The Kier molecular flexibility index (Phi) is 3.51. The molecule has 1 aromatic heterocycles. The maximum atomic E-state index is 12.3. The fourth-order valence-electron chi connectivity index (χ4n) is 3.21. The Morgan fingerprint density at radius 2 is 2.05 bits per heavy atom. The van der Waals surface area contributed by atoms with Gasteiger partial charge in [-0.3, -0.25) is 4.98 Å². The largest absolute Gasteiger partial charge is 0.444 e. The number of aromatic nitrogens is 1. The van der Waals surface area contributed by atoms with E-state index in [1.54, 1.807) is 6.20 Å². The lowest BCUT2D eigenvalue weighted by molar-refractivity contribution is 0.000882. The van der Waals surface area contributed by atoms with Crippen LogP contribution in [0.3, 0.4) is 0 Å². The van der Waals surface area contributed by atoms with Gasteiger partial charge in [0.1, 0.15) is 5.60 Å². The summed E-state index contributed by atoms with van der Waals surface area (Å²) in [6.07, 6.45) is 5.69. The molecule has 0 unspecified atom stereocenters. The van der Waals surface area contributed by atoms with Crippen molar-refractivity contribution in [3.63, 3.8) is 0 Å². The minimum atomic E-state index is -0.434. The van der Waals surface area contributed by atoms with E-state index in [-0.39, 0.29) is 12.1 Å². The third kappa shape index (κ3) is 2.96. The molecule has 3 aliphatic rings. The molecular weight excluding hydrogens is 266 g/mol. The number of pyridine rings is 1. The summed E-state index contributed by atoms with van der Waals surface area (Å²) in [6.45, 7) is 7.35. The second kappa shape index (κ2) is 5.20. The topological polar surface area (TPSA) is 45.7 Å². The number of anilines is 1. The van der Waals surface area contributed by atoms with Gasteiger partial charge in [-0.25, -0.2) is 4.79 Å². The Hall–Kier alpha value is -1.78. The van der Waals surface area contributed by atoms with Gasteiger partial charge in [0, 0.05) is 25.3 Å². The zero-order valence-electron chi connectivity index (χ0n) is 13.0. The van der Waals surface area contributed by atoms with Gasteiger partial charge in [0.05, 0.1) is 17.9 Å². The maximum absolute atomic E-state index is 12.3. The minimum absolute atomic E-state index is 0.178. The molecule has 0 radical (unpaired) electrons. The van der Waals surface area contributed by atoms with Crippen molar-refractivity contribution in [3.05, 3.63) is 24.5 Å². The number of rotatable bonds is 1. The molecule has 2 bridgehead atoms. The number of nitrogens with zero attached hydrogens (tertiary/aromatic N) is 3. The quantitative estimate of drug-likeness (QED) is 0.797. The van der Waals surface area contributed by atoms with E-state index < -0.39 is 5.60 Å². The third-order valence-corrected chi connectivity index (χ3v) is 4.14. The second-order valence-electron chi connectivity index (χ2n) is 6.88. The number of carbonyl (C=O) groups is 1. The van der Waals surface area contributed by atoms with Crippen molar-refractivity contribution in [2.75, 3.05) is 18.0 Å². The Balaban J connectivity index is 1.71. The highest BCUT2D eigenvalue weighted by molar-refractivity contribution is 5.69. The summed E-state index contributed by atoms with van der Waals surface area (Å²) >= 11 is 0. The van der Waals surface area contributed by atoms with Crippen LogP contribution < -0.4 is 4.90 Å². The number of piperidine rings is 2. The fraction of sp³-hybridized carbons (Fsp3) is 0.625. The van der Waals surface area contributed by atoms with Gasteiger partial charge in [-0.05, 0) is 45.7 Å². The molecule has 3 fully saturated rings. The van der Waals surface area contributed by atoms with Crippen LogP contribution in [0, 0.1) is 0 Å². The molecule has 0 aromatic carbocycles. The van der Waals surface area contributed by atoms with Gasteiger partial charge in [-0.2, -0.15) is 0 Å². The molecule has 114 valence electrons. The molecule has 4 rings (SSSR count). The number of hydrogen-bond donors (Lipinski definition) is 0. The number of carbonyl (C=O) groups excluding carboxylic acids is 1. The van der Waals surface area contributed by atoms with Crippen LogP contribution in [0.1, 0.15) is 33.6 Å². The number of fused-ring (bicyclic) bond motifs is 3. The van der Waals surface area contributed by atoms with Gasteiger partial charge in [0.15, 0.2) is 0 Å². The molecule has 2 atom stereocenters. The second-order valence-corrected chi connectivity index (χ2v) is 6.88. The summed E-state index contributed by atoms with van der Waals surface area (Å²) in [5, 5.41) is 0. The monoisotopic (exact) mass is 289 g/mol. The van der Waals surface area contributed by atoms with Gasteiger partial charge in [0.25, 0.3) is 0 Å². The molecule has 5 nitrogen and oxygen atoms in total. The predicted molar refractivity (Wildman–Crippen MR) is 81.3 cm³/mol. The van der Waals surface area contributed by atoms with Crippen LogP contribution in [0.4, 0.5) is 10.5 Å². The Morgan fingerprint density at radius 1 is 1.29 bits per heavy atom. The third-order valence-electron chi connectivity index (χ3n) is 4.14. The van der Waals surface area contributed by atoms with Crippen LogP contribution in [0.5, 0.6) is 0 Å². The lowest BCUT2D eigenvalue weighted by Gasteiger charge is -2.52. The Morgan fingerprint density at radius 3 is 2.62 bits per heavy atom. The first-order valence-corrected chi connectivity index (χ1v) is 7.60. The van der Waals surface area contributed by atoms with Crippen LogP contribution in [0.15, 0.2) is 24.5 Å². The van der Waals surface area contributed by atoms with E-state index in [9.17, 15) is 4.79 Å². The van der Waals surface area contributed by atoms with Gasteiger partial charge in [0.2, 0.25) is 0 Å². The summed E-state index contributed by atoms with van der Waals surface area (Å²) < 4.78 is 5.53. The van der Waals surface area contributed by atoms with Crippen molar-refractivity contribution < 1.29 is 9.53 Å². The average Bonchev–Trinajstić information content (AvgIpc) is 2.47. The standard InChI is InChI=1S/C16H23N3O2/c1-16(2,3)21-15(20)19-11-13-6-7-14(19)10-18(13)12-5-4-8-17-9-12/h4-5,8-9,13-14H,6-7,10-11H2,1-3H3/t13-,14-/m1/s1. The van der Waals surface area contributed by atoms with Crippen LogP contribution in [-0.4, -0.2) is 46.8 Å². The Labute approximate surface area is 125 Å². The van der Waals surface area contributed by atoms with E-state index in [0.29, 0.717) is 6.04 Å². The van der Waals surface area contributed by atoms with Crippen molar-refractivity contribution in [1.29, 1.82) is 0 Å². The highest BCUT2D eigenvalue weighted by Gasteiger charge is 2.42. The average molecular weight is 289 g/mol. The molecule has 21 heavy (non-hydrogen) atoms. The van der Waals surface area contributed by atoms with Gasteiger partial charge in [-0.15, -0.1) is 0 Å². The van der Waals surface area contributed by atoms with Crippen molar-refractivity contribution in [3.8, 4) is 0 Å².